The minimum atomic E-state index is -0.661. The van der Waals surface area contributed by atoms with E-state index >= 15 is 0 Å². The number of anilines is 1. The van der Waals surface area contributed by atoms with E-state index in [1.165, 1.54) is 0 Å². The number of fused-ring (bicyclic) bond motifs is 1. The second-order valence-corrected chi connectivity index (χ2v) is 6.90. The molecular weight excluding hydrogens is 386 g/mol. The SMILES string of the molecule is O=C(NNC(=O)c1n[nH]c(=O)c2ccccc12)c1ccc(N2CCCCC2=O)cc1. The van der Waals surface area contributed by atoms with E-state index in [-0.39, 0.29) is 11.6 Å². The summed E-state index contributed by atoms with van der Waals surface area (Å²) in [7, 11) is 0. The van der Waals surface area contributed by atoms with Crippen molar-refractivity contribution >= 4 is 34.2 Å². The molecule has 2 heterocycles. The van der Waals surface area contributed by atoms with Crippen LogP contribution in [0.15, 0.2) is 53.3 Å². The van der Waals surface area contributed by atoms with Crippen LogP contribution in [0.1, 0.15) is 40.1 Å². The number of nitrogens with one attached hydrogen (secondary N) is 3. The maximum Gasteiger partial charge on any atom is 0.290 e. The van der Waals surface area contributed by atoms with Crippen LogP contribution in [0.5, 0.6) is 0 Å². The number of hydrogen-bond acceptors (Lipinski definition) is 5. The minimum absolute atomic E-state index is 0.00976. The van der Waals surface area contributed by atoms with Gasteiger partial charge < -0.3 is 4.90 Å². The molecule has 1 saturated heterocycles. The van der Waals surface area contributed by atoms with E-state index in [2.05, 4.69) is 21.0 Å². The van der Waals surface area contributed by atoms with Crippen LogP contribution in [-0.4, -0.2) is 34.5 Å². The lowest BCUT2D eigenvalue weighted by Gasteiger charge is -2.26. The molecule has 0 bridgehead atoms. The van der Waals surface area contributed by atoms with Gasteiger partial charge in [-0.05, 0) is 43.2 Å². The number of piperidine rings is 1. The molecule has 3 N–H and O–H groups in total. The van der Waals surface area contributed by atoms with Crippen molar-refractivity contribution in [2.24, 2.45) is 0 Å². The van der Waals surface area contributed by atoms with Gasteiger partial charge in [-0.3, -0.25) is 30.0 Å². The van der Waals surface area contributed by atoms with Gasteiger partial charge in [0.25, 0.3) is 17.4 Å². The summed E-state index contributed by atoms with van der Waals surface area (Å²) in [4.78, 5) is 50.4. The Morgan fingerprint density at radius 2 is 1.60 bits per heavy atom. The summed E-state index contributed by atoms with van der Waals surface area (Å²) in [5.74, 6) is -1.11. The van der Waals surface area contributed by atoms with Crippen molar-refractivity contribution in [2.45, 2.75) is 19.3 Å². The molecule has 1 aromatic heterocycles. The topological polar surface area (TPSA) is 124 Å². The summed E-state index contributed by atoms with van der Waals surface area (Å²) in [6.07, 6.45) is 2.38. The average molecular weight is 405 g/mol. The highest BCUT2D eigenvalue weighted by atomic mass is 16.2. The molecule has 1 fully saturated rings. The van der Waals surface area contributed by atoms with Crippen LogP contribution >= 0.6 is 0 Å². The van der Waals surface area contributed by atoms with Crippen molar-refractivity contribution in [1.29, 1.82) is 0 Å². The Labute approximate surface area is 171 Å². The lowest BCUT2D eigenvalue weighted by molar-refractivity contribution is -0.119. The first-order chi connectivity index (χ1) is 14.5. The summed E-state index contributed by atoms with van der Waals surface area (Å²) in [5, 5.41) is 6.77. The van der Waals surface area contributed by atoms with Crippen LogP contribution in [0.4, 0.5) is 5.69 Å². The number of hydrazine groups is 1. The van der Waals surface area contributed by atoms with E-state index in [4.69, 9.17) is 0 Å². The van der Waals surface area contributed by atoms with E-state index in [0.717, 1.165) is 18.5 Å². The molecule has 0 unspecified atom stereocenters. The number of hydrogen-bond donors (Lipinski definition) is 3. The number of benzene rings is 2. The molecule has 3 amide bonds. The van der Waals surface area contributed by atoms with Gasteiger partial charge in [0.1, 0.15) is 0 Å². The fourth-order valence-electron chi connectivity index (χ4n) is 3.40. The third-order valence-corrected chi connectivity index (χ3v) is 4.97. The molecule has 30 heavy (non-hydrogen) atoms. The maximum absolute atomic E-state index is 12.4. The van der Waals surface area contributed by atoms with E-state index in [1.807, 2.05) is 0 Å². The Morgan fingerprint density at radius 1 is 0.900 bits per heavy atom. The number of nitrogens with zero attached hydrogens (tertiary/aromatic N) is 2. The second-order valence-electron chi connectivity index (χ2n) is 6.90. The van der Waals surface area contributed by atoms with Gasteiger partial charge in [-0.25, -0.2) is 5.10 Å². The number of rotatable bonds is 3. The molecule has 0 saturated carbocycles. The smallest absolute Gasteiger partial charge is 0.290 e. The van der Waals surface area contributed by atoms with Crippen molar-refractivity contribution in [2.75, 3.05) is 11.4 Å². The third-order valence-electron chi connectivity index (χ3n) is 4.97. The molecule has 1 aliphatic heterocycles. The van der Waals surface area contributed by atoms with E-state index in [0.29, 0.717) is 29.3 Å². The van der Waals surface area contributed by atoms with Crippen molar-refractivity contribution < 1.29 is 14.4 Å². The fraction of sp³-hybridized carbons (Fsp3) is 0.190. The summed E-state index contributed by atoms with van der Waals surface area (Å²) < 4.78 is 0. The predicted octanol–water partition coefficient (Wildman–Crippen LogP) is 1.51. The highest BCUT2D eigenvalue weighted by Crippen LogP contribution is 2.21. The molecule has 2 aromatic carbocycles. The lowest BCUT2D eigenvalue weighted by atomic mass is 10.1. The van der Waals surface area contributed by atoms with Crippen molar-refractivity contribution in [1.82, 2.24) is 21.0 Å². The number of H-pyrrole nitrogens is 1. The van der Waals surface area contributed by atoms with Crippen molar-refractivity contribution in [3.63, 3.8) is 0 Å². The molecule has 0 radical (unpaired) electrons. The molecule has 3 aromatic rings. The van der Waals surface area contributed by atoms with Crippen molar-refractivity contribution in [3.8, 4) is 0 Å². The highest BCUT2D eigenvalue weighted by molar-refractivity contribution is 6.06. The van der Waals surface area contributed by atoms with Gasteiger partial charge in [0.05, 0.1) is 5.39 Å². The number of carbonyl (C=O) groups is 3. The first kappa shape index (κ1) is 19.3. The van der Waals surface area contributed by atoms with Gasteiger partial charge in [-0.15, -0.1) is 0 Å². The van der Waals surface area contributed by atoms with Gasteiger partial charge in [0.2, 0.25) is 5.91 Å². The number of aromatic amines is 1. The molecule has 0 atom stereocenters. The standard InChI is InChI=1S/C21H19N5O4/c27-17-7-3-4-12-26(17)14-10-8-13(9-11-14)19(28)23-25-21(30)18-15-5-1-2-6-16(15)20(29)24-22-18/h1-2,5-6,8-11H,3-4,7,12H2,(H,23,28)(H,24,29)(H,25,30). The van der Waals surface area contributed by atoms with E-state index in [1.54, 1.807) is 53.4 Å². The summed E-state index contributed by atoms with van der Waals surface area (Å²) in [5.41, 5.74) is 5.29. The molecular formula is C21H19N5O4. The first-order valence-corrected chi connectivity index (χ1v) is 9.53. The summed E-state index contributed by atoms with van der Waals surface area (Å²) in [6, 6.07) is 13.1. The molecule has 4 rings (SSSR count). The monoisotopic (exact) mass is 405 g/mol. The Kier molecular flexibility index (Phi) is 5.25. The lowest BCUT2D eigenvalue weighted by Crippen LogP contribution is -2.42. The van der Waals surface area contributed by atoms with Crippen LogP contribution in [0.2, 0.25) is 0 Å². The normalized spacial score (nSPS) is 13.9. The maximum atomic E-state index is 12.4. The predicted molar refractivity (Wildman–Crippen MR) is 110 cm³/mol. The molecule has 0 spiro atoms. The summed E-state index contributed by atoms with van der Waals surface area (Å²) in [6.45, 7) is 0.667. The number of carbonyl (C=O) groups excluding carboxylic acids is 3. The Bertz CT molecular complexity index is 1190. The second kappa shape index (κ2) is 8.16. The fourth-order valence-corrected chi connectivity index (χ4v) is 3.40. The molecule has 0 aliphatic carbocycles. The quantitative estimate of drug-likeness (QED) is 0.570. The summed E-state index contributed by atoms with van der Waals surface area (Å²) >= 11 is 0. The zero-order valence-corrected chi connectivity index (χ0v) is 16.0. The van der Waals surface area contributed by atoms with Gasteiger partial charge in [0, 0.05) is 29.6 Å². The zero-order chi connectivity index (χ0) is 21.1. The Balaban J connectivity index is 1.44. The van der Waals surface area contributed by atoms with E-state index < -0.39 is 17.4 Å². The molecule has 9 nitrogen and oxygen atoms in total. The molecule has 152 valence electrons. The largest absolute Gasteiger partial charge is 0.312 e. The molecule has 9 heteroatoms. The zero-order valence-electron chi connectivity index (χ0n) is 16.0. The van der Waals surface area contributed by atoms with Crippen LogP contribution in [0.3, 0.4) is 0 Å². The van der Waals surface area contributed by atoms with Gasteiger partial charge in [-0.2, -0.15) is 5.10 Å². The number of amides is 3. The van der Waals surface area contributed by atoms with Crippen LogP contribution < -0.4 is 21.3 Å². The minimum Gasteiger partial charge on any atom is -0.312 e. The van der Waals surface area contributed by atoms with Crippen LogP contribution in [0, 0.1) is 0 Å². The Hall–Kier alpha value is -4.01. The first-order valence-electron chi connectivity index (χ1n) is 9.53. The van der Waals surface area contributed by atoms with Crippen LogP contribution in [-0.2, 0) is 4.79 Å². The van der Waals surface area contributed by atoms with Crippen molar-refractivity contribution in [3.05, 3.63) is 70.1 Å². The van der Waals surface area contributed by atoms with Gasteiger partial charge in [0.15, 0.2) is 5.69 Å². The van der Waals surface area contributed by atoms with Gasteiger partial charge in [-0.1, -0.05) is 18.2 Å². The van der Waals surface area contributed by atoms with Crippen LogP contribution in [0.25, 0.3) is 10.8 Å². The number of aromatic nitrogens is 2. The van der Waals surface area contributed by atoms with E-state index in [9.17, 15) is 19.2 Å². The highest BCUT2D eigenvalue weighted by Gasteiger charge is 2.20. The Morgan fingerprint density at radius 3 is 2.33 bits per heavy atom. The molecule has 1 aliphatic rings. The van der Waals surface area contributed by atoms with Gasteiger partial charge >= 0.3 is 0 Å². The average Bonchev–Trinajstić information content (AvgIpc) is 2.78. The third kappa shape index (κ3) is 3.77.